The van der Waals surface area contributed by atoms with E-state index in [0.717, 1.165) is 18.2 Å². The molecule has 9 heteroatoms. The minimum Gasteiger partial charge on any atom is -0.413 e. The Morgan fingerprint density at radius 2 is 2.17 bits per heavy atom. The summed E-state index contributed by atoms with van der Waals surface area (Å²) in [6.07, 6.45) is 4.71. The zero-order valence-corrected chi connectivity index (χ0v) is 12.9. The Hall–Kier alpha value is -2.52. The van der Waals surface area contributed by atoms with E-state index in [4.69, 9.17) is 9.47 Å². The molecule has 1 saturated heterocycles. The molecular formula is C14H13N5O3S. The highest BCUT2D eigenvalue weighted by Crippen LogP contribution is 2.31. The highest BCUT2D eigenvalue weighted by atomic mass is 32.1. The Labute approximate surface area is 134 Å². The first-order valence-electron chi connectivity index (χ1n) is 7.10. The normalized spacial score (nSPS) is 15.0. The van der Waals surface area contributed by atoms with Crippen LogP contribution in [0.15, 0.2) is 29.5 Å². The van der Waals surface area contributed by atoms with E-state index in [2.05, 4.69) is 24.8 Å². The summed E-state index contributed by atoms with van der Waals surface area (Å²) < 4.78 is 11.0. The van der Waals surface area contributed by atoms with Crippen LogP contribution in [0.2, 0.25) is 0 Å². The number of H-pyrrole nitrogens is 1. The van der Waals surface area contributed by atoms with Gasteiger partial charge in [-0.15, -0.1) is 0 Å². The Kier molecular flexibility index (Phi) is 3.64. The Bertz CT molecular complexity index is 887. The number of aromatic amines is 1. The van der Waals surface area contributed by atoms with Crippen LogP contribution in [0.4, 0.5) is 5.13 Å². The second-order valence-electron chi connectivity index (χ2n) is 4.93. The number of fused-ring (bicyclic) bond motifs is 1. The Morgan fingerprint density at radius 1 is 1.30 bits per heavy atom. The van der Waals surface area contributed by atoms with E-state index in [0.29, 0.717) is 29.2 Å². The van der Waals surface area contributed by atoms with Gasteiger partial charge in [0.15, 0.2) is 5.13 Å². The van der Waals surface area contributed by atoms with Crippen molar-refractivity contribution in [3.05, 3.63) is 35.0 Å². The molecule has 0 aromatic carbocycles. The monoisotopic (exact) mass is 331 g/mol. The quantitative estimate of drug-likeness (QED) is 0.775. The summed E-state index contributed by atoms with van der Waals surface area (Å²) in [6, 6.07) is 1.75. The van der Waals surface area contributed by atoms with Gasteiger partial charge in [-0.1, -0.05) is 11.3 Å². The average molecular weight is 331 g/mol. The molecule has 4 rings (SSSR count). The van der Waals surface area contributed by atoms with E-state index < -0.39 is 0 Å². The van der Waals surface area contributed by atoms with Gasteiger partial charge in [-0.05, 0) is 6.07 Å². The Morgan fingerprint density at radius 3 is 3.04 bits per heavy atom. The van der Waals surface area contributed by atoms with Crippen LogP contribution >= 0.6 is 11.3 Å². The van der Waals surface area contributed by atoms with Gasteiger partial charge in [-0.3, -0.25) is 14.8 Å². The van der Waals surface area contributed by atoms with Gasteiger partial charge in [-0.2, -0.15) is 4.98 Å². The smallest absolute Gasteiger partial charge is 0.303 e. The molecule has 23 heavy (non-hydrogen) atoms. The Balaban J connectivity index is 1.58. The van der Waals surface area contributed by atoms with E-state index >= 15 is 0 Å². The van der Waals surface area contributed by atoms with Crippen molar-refractivity contribution in [3.63, 3.8) is 0 Å². The predicted molar refractivity (Wildman–Crippen MR) is 85.4 cm³/mol. The first-order chi connectivity index (χ1) is 11.3. The summed E-state index contributed by atoms with van der Waals surface area (Å²) in [4.78, 5) is 29.3. The van der Waals surface area contributed by atoms with E-state index in [1.165, 1.54) is 17.5 Å². The summed E-state index contributed by atoms with van der Waals surface area (Å²) in [5.41, 5.74) is 0.231. The van der Waals surface area contributed by atoms with E-state index in [1.54, 1.807) is 18.5 Å². The molecule has 8 nitrogen and oxygen atoms in total. The third-order valence-corrected chi connectivity index (χ3v) is 4.37. The fourth-order valence-corrected chi connectivity index (χ4v) is 3.13. The lowest BCUT2D eigenvalue weighted by Crippen LogP contribution is -2.36. The third-order valence-electron chi connectivity index (χ3n) is 3.44. The fraction of sp³-hybridized carbons (Fsp3) is 0.286. The van der Waals surface area contributed by atoms with Crippen LogP contribution in [0.5, 0.6) is 11.1 Å². The molecule has 0 saturated carbocycles. The number of nitrogens with one attached hydrogen (secondary N) is 1. The third kappa shape index (κ3) is 2.88. The van der Waals surface area contributed by atoms with Gasteiger partial charge in [0.1, 0.15) is 0 Å². The second-order valence-corrected chi connectivity index (χ2v) is 5.90. The van der Waals surface area contributed by atoms with Crippen LogP contribution in [-0.2, 0) is 4.74 Å². The number of anilines is 1. The van der Waals surface area contributed by atoms with Gasteiger partial charge in [0, 0.05) is 19.3 Å². The van der Waals surface area contributed by atoms with E-state index in [9.17, 15) is 4.79 Å². The number of ether oxygens (including phenoxy) is 2. The predicted octanol–water partition coefficient (Wildman–Crippen LogP) is 1.40. The maximum Gasteiger partial charge on any atom is 0.303 e. The molecule has 0 spiro atoms. The lowest BCUT2D eigenvalue weighted by molar-refractivity contribution is 0.122. The standard InChI is InChI=1S/C14H13N5O3S/c20-12-9-1-2-15-7-10(9)17-13(18-12)22-11-8-16-14(23-11)19-3-5-21-6-4-19/h1-2,7-8H,3-6H2,(H,17,18,20). The molecule has 0 radical (unpaired) electrons. The fourth-order valence-electron chi connectivity index (χ4n) is 2.31. The number of hydrogen-bond acceptors (Lipinski definition) is 8. The molecule has 3 aromatic rings. The number of thiazole rings is 1. The molecule has 118 valence electrons. The topological polar surface area (TPSA) is 93.2 Å². The molecule has 1 fully saturated rings. The summed E-state index contributed by atoms with van der Waals surface area (Å²) in [5, 5.41) is 1.91. The van der Waals surface area contributed by atoms with Gasteiger partial charge in [0.2, 0.25) is 5.06 Å². The van der Waals surface area contributed by atoms with Crippen LogP contribution in [0.25, 0.3) is 10.9 Å². The molecular weight excluding hydrogens is 318 g/mol. The van der Waals surface area contributed by atoms with Crippen molar-refractivity contribution >= 4 is 27.4 Å². The maximum absolute atomic E-state index is 12.0. The molecule has 1 aliphatic heterocycles. The lowest BCUT2D eigenvalue weighted by atomic mass is 10.3. The first-order valence-corrected chi connectivity index (χ1v) is 7.92. The lowest BCUT2D eigenvalue weighted by Gasteiger charge is -2.25. The van der Waals surface area contributed by atoms with Crippen LogP contribution < -0.4 is 15.2 Å². The van der Waals surface area contributed by atoms with Crippen LogP contribution in [-0.4, -0.2) is 46.2 Å². The molecule has 1 N–H and O–H groups in total. The van der Waals surface area contributed by atoms with Gasteiger partial charge in [0.25, 0.3) is 5.56 Å². The highest BCUT2D eigenvalue weighted by molar-refractivity contribution is 7.17. The average Bonchev–Trinajstić information content (AvgIpc) is 3.04. The van der Waals surface area contributed by atoms with Gasteiger partial charge in [-0.25, -0.2) is 4.98 Å². The number of nitrogens with zero attached hydrogens (tertiary/aromatic N) is 4. The summed E-state index contributed by atoms with van der Waals surface area (Å²) >= 11 is 1.40. The summed E-state index contributed by atoms with van der Waals surface area (Å²) in [6.45, 7) is 3.01. The minimum atomic E-state index is -0.259. The molecule has 0 bridgehead atoms. The molecule has 1 aliphatic rings. The molecule has 0 atom stereocenters. The zero-order chi connectivity index (χ0) is 15.6. The van der Waals surface area contributed by atoms with Crippen molar-refractivity contribution in [1.82, 2.24) is 19.9 Å². The second kappa shape index (κ2) is 5.94. The summed E-state index contributed by atoms with van der Waals surface area (Å²) in [5.74, 6) is 0. The molecule has 4 heterocycles. The minimum absolute atomic E-state index is 0.132. The van der Waals surface area contributed by atoms with Crippen molar-refractivity contribution < 1.29 is 9.47 Å². The van der Waals surface area contributed by atoms with Crippen molar-refractivity contribution in [3.8, 4) is 11.1 Å². The zero-order valence-electron chi connectivity index (χ0n) is 12.1. The summed E-state index contributed by atoms with van der Waals surface area (Å²) in [7, 11) is 0. The van der Waals surface area contributed by atoms with Crippen LogP contribution in [0.3, 0.4) is 0 Å². The number of rotatable bonds is 3. The van der Waals surface area contributed by atoms with Crippen LogP contribution in [0.1, 0.15) is 0 Å². The number of hydrogen-bond donors (Lipinski definition) is 1. The van der Waals surface area contributed by atoms with Gasteiger partial charge in [0.05, 0.1) is 36.5 Å². The number of morpholine rings is 1. The van der Waals surface area contributed by atoms with Crippen molar-refractivity contribution in [2.24, 2.45) is 0 Å². The number of aromatic nitrogens is 4. The van der Waals surface area contributed by atoms with Crippen molar-refractivity contribution in [1.29, 1.82) is 0 Å². The van der Waals surface area contributed by atoms with Crippen LogP contribution in [0, 0.1) is 0 Å². The van der Waals surface area contributed by atoms with Crippen molar-refractivity contribution in [2.75, 3.05) is 31.2 Å². The highest BCUT2D eigenvalue weighted by Gasteiger charge is 2.16. The molecule has 0 amide bonds. The largest absolute Gasteiger partial charge is 0.413 e. The molecule has 0 unspecified atom stereocenters. The SMILES string of the molecule is O=c1[nH]c(Oc2cnc(N3CCOCC3)s2)nc2cnccc12. The van der Waals surface area contributed by atoms with E-state index in [-0.39, 0.29) is 11.6 Å². The first kappa shape index (κ1) is 14.1. The van der Waals surface area contributed by atoms with E-state index in [1.807, 2.05) is 0 Å². The van der Waals surface area contributed by atoms with Crippen molar-refractivity contribution in [2.45, 2.75) is 0 Å². The van der Waals surface area contributed by atoms with Gasteiger partial charge >= 0.3 is 6.01 Å². The van der Waals surface area contributed by atoms with Gasteiger partial charge < -0.3 is 14.4 Å². The molecule has 3 aromatic heterocycles. The molecule has 0 aliphatic carbocycles. The number of pyridine rings is 1. The maximum atomic E-state index is 12.0.